The lowest BCUT2D eigenvalue weighted by Crippen LogP contribution is -2.52. The van der Waals surface area contributed by atoms with Gasteiger partial charge in [-0.25, -0.2) is 8.42 Å². The number of amides is 1. The maximum atomic E-state index is 13.5. The predicted octanol–water partition coefficient (Wildman–Crippen LogP) is 4.26. The van der Waals surface area contributed by atoms with Gasteiger partial charge in [-0.2, -0.15) is 13.2 Å². The molecule has 1 amide bonds. The van der Waals surface area contributed by atoms with Crippen LogP contribution in [0.15, 0.2) is 83.8 Å². The first-order valence-electron chi connectivity index (χ1n) is 11.5. The van der Waals surface area contributed by atoms with Crippen molar-refractivity contribution < 1.29 is 31.1 Å². The van der Waals surface area contributed by atoms with Gasteiger partial charge in [0.2, 0.25) is 5.91 Å². The summed E-state index contributed by atoms with van der Waals surface area (Å²) in [6, 6.07) is 19.3. The molecule has 0 unspecified atom stereocenters. The molecule has 3 aromatic carbocycles. The van der Waals surface area contributed by atoms with Crippen molar-refractivity contribution in [3.05, 3.63) is 84.4 Å². The lowest BCUT2D eigenvalue weighted by Gasteiger charge is -2.37. The molecular formula is C26H26F3N3O4S. The topological polar surface area (TPSA) is 70.2 Å². The zero-order chi connectivity index (χ0) is 26.6. The van der Waals surface area contributed by atoms with E-state index < -0.39 is 34.2 Å². The van der Waals surface area contributed by atoms with Crippen LogP contribution in [0.2, 0.25) is 0 Å². The van der Waals surface area contributed by atoms with Gasteiger partial charge in [-0.1, -0.05) is 24.3 Å². The number of alkyl halides is 3. The van der Waals surface area contributed by atoms with E-state index in [9.17, 15) is 26.4 Å². The van der Waals surface area contributed by atoms with Crippen molar-refractivity contribution >= 4 is 27.3 Å². The minimum atomic E-state index is -4.44. The second-order valence-corrected chi connectivity index (χ2v) is 10.3. The molecule has 0 bridgehead atoms. The van der Waals surface area contributed by atoms with Crippen LogP contribution in [0.4, 0.5) is 24.5 Å². The van der Waals surface area contributed by atoms with Crippen LogP contribution in [0.5, 0.6) is 5.75 Å². The van der Waals surface area contributed by atoms with Crippen LogP contribution in [0.3, 0.4) is 0 Å². The Hall–Kier alpha value is -3.73. The van der Waals surface area contributed by atoms with Crippen LogP contribution in [0.1, 0.15) is 5.56 Å². The summed E-state index contributed by atoms with van der Waals surface area (Å²) in [7, 11) is -2.56. The predicted molar refractivity (Wildman–Crippen MR) is 134 cm³/mol. The molecule has 0 aliphatic carbocycles. The van der Waals surface area contributed by atoms with E-state index in [0.717, 1.165) is 16.4 Å². The average molecular weight is 534 g/mol. The Morgan fingerprint density at radius 2 is 1.57 bits per heavy atom. The number of benzene rings is 3. The molecule has 0 spiro atoms. The number of carbonyl (C=O) groups is 1. The molecule has 0 N–H and O–H groups in total. The molecule has 1 aliphatic heterocycles. The van der Waals surface area contributed by atoms with Gasteiger partial charge in [-0.15, -0.1) is 0 Å². The zero-order valence-electron chi connectivity index (χ0n) is 20.1. The Balaban J connectivity index is 1.50. The van der Waals surface area contributed by atoms with Gasteiger partial charge in [0.1, 0.15) is 12.3 Å². The highest BCUT2D eigenvalue weighted by Crippen LogP contribution is 2.32. The number of anilines is 2. The van der Waals surface area contributed by atoms with Crippen molar-refractivity contribution in [2.75, 3.05) is 49.0 Å². The molecule has 11 heteroatoms. The minimum absolute atomic E-state index is 0.0491. The van der Waals surface area contributed by atoms with Gasteiger partial charge in [-0.3, -0.25) is 9.10 Å². The Kier molecular flexibility index (Phi) is 7.63. The van der Waals surface area contributed by atoms with E-state index in [1.807, 2.05) is 0 Å². The Morgan fingerprint density at radius 3 is 2.16 bits per heavy atom. The third kappa shape index (κ3) is 5.99. The van der Waals surface area contributed by atoms with Gasteiger partial charge in [0.05, 0.1) is 23.3 Å². The minimum Gasteiger partial charge on any atom is -0.497 e. The van der Waals surface area contributed by atoms with Crippen molar-refractivity contribution in [2.24, 2.45) is 0 Å². The summed E-state index contributed by atoms with van der Waals surface area (Å²) in [6.45, 7) is 0.711. The van der Waals surface area contributed by atoms with Crippen molar-refractivity contribution in [2.45, 2.75) is 11.1 Å². The molecule has 1 saturated heterocycles. The molecule has 3 aromatic rings. The first kappa shape index (κ1) is 26.3. The zero-order valence-corrected chi connectivity index (χ0v) is 20.9. The number of nitrogens with zero attached hydrogens (tertiary/aromatic N) is 3. The summed E-state index contributed by atoms with van der Waals surface area (Å²) in [4.78, 5) is 16.6. The SMILES string of the molecule is COc1ccc(N(CC(=O)N2CCN(c3cccc(C(F)(F)F)c3)CC2)S(=O)(=O)c2ccccc2)cc1. The van der Waals surface area contributed by atoms with Crippen LogP contribution in [-0.2, 0) is 21.0 Å². The number of sulfonamides is 1. The summed E-state index contributed by atoms with van der Waals surface area (Å²) in [6.07, 6.45) is -4.44. The summed E-state index contributed by atoms with van der Waals surface area (Å²) in [5.74, 6) is 0.136. The third-order valence-corrected chi connectivity index (χ3v) is 7.93. The number of halogens is 3. The summed E-state index contributed by atoms with van der Waals surface area (Å²) in [5, 5.41) is 0. The molecule has 4 rings (SSSR count). The fraction of sp³-hybridized carbons (Fsp3) is 0.269. The second-order valence-electron chi connectivity index (χ2n) is 8.44. The molecule has 1 aliphatic rings. The molecular weight excluding hydrogens is 507 g/mol. The van der Waals surface area contributed by atoms with E-state index in [0.29, 0.717) is 30.2 Å². The standard InChI is InChI=1S/C26H26F3N3O4S/c1-36-23-12-10-21(11-13-23)32(37(34,35)24-8-3-2-4-9-24)19-25(33)31-16-14-30(15-17-31)22-7-5-6-20(18-22)26(27,28)29/h2-13,18H,14-17,19H2,1H3. The maximum absolute atomic E-state index is 13.5. The number of methoxy groups -OCH3 is 1. The fourth-order valence-corrected chi connectivity index (χ4v) is 5.53. The number of carbonyl (C=O) groups excluding carboxylic acids is 1. The molecule has 7 nitrogen and oxygen atoms in total. The average Bonchev–Trinajstić information content (AvgIpc) is 2.92. The van der Waals surface area contributed by atoms with Crippen LogP contribution in [0.25, 0.3) is 0 Å². The van der Waals surface area contributed by atoms with E-state index in [1.165, 1.54) is 30.2 Å². The molecule has 196 valence electrons. The lowest BCUT2D eigenvalue weighted by atomic mass is 10.1. The van der Waals surface area contributed by atoms with Crippen LogP contribution < -0.4 is 13.9 Å². The van der Waals surface area contributed by atoms with Crippen LogP contribution in [-0.4, -0.2) is 59.1 Å². The van der Waals surface area contributed by atoms with Crippen LogP contribution >= 0.6 is 0 Å². The molecule has 0 atom stereocenters. The molecule has 37 heavy (non-hydrogen) atoms. The first-order chi connectivity index (χ1) is 17.6. The highest BCUT2D eigenvalue weighted by Gasteiger charge is 2.32. The van der Waals surface area contributed by atoms with Gasteiger partial charge >= 0.3 is 6.18 Å². The Labute approximate surface area is 213 Å². The quantitative estimate of drug-likeness (QED) is 0.454. The molecule has 0 aromatic heterocycles. The normalized spacial score (nSPS) is 14.4. The lowest BCUT2D eigenvalue weighted by molar-refractivity contribution is -0.137. The van der Waals surface area contributed by atoms with Gasteiger partial charge < -0.3 is 14.5 Å². The van der Waals surface area contributed by atoms with E-state index >= 15 is 0 Å². The molecule has 1 heterocycles. The second kappa shape index (κ2) is 10.7. The van der Waals surface area contributed by atoms with Crippen molar-refractivity contribution in [3.63, 3.8) is 0 Å². The number of rotatable bonds is 7. The number of hydrogen-bond donors (Lipinski definition) is 0. The summed E-state index contributed by atoms with van der Waals surface area (Å²) >= 11 is 0. The van der Waals surface area contributed by atoms with Crippen molar-refractivity contribution in [1.29, 1.82) is 0 Å². The van der Waals surface area contributed by atoms with E-state index in [1.54, 1.807) is 53.4 Å². The number of piperazine rings is 1. The van der Waals surface area contributed by atoms with E-state index in [4.69, 9.17) is 4.74 Å². The first-order valence-corrected chi connectivity index (χ1v) is 13.0. The van der Waals surface area contributed by atoms with Crippen LogP contribution in [0, 0.1) is 0 Å². The summed E-state index contributed by atoms with van der Waals surface area (Å²) in [5.41, 5.74) is -0.00111. The Bertz CT molecular complexity index is 1330. The highest BCUT2D eigenvalue weighted by atomic mass is 32.2. The molecule has 0 radical (unpaired) electrons. The van der Waals surface area contributed by atoms with Gasteiger partial charge in [0.25, 0.3) is 10.0 Å². The summed E-state index contributed by atoms with van der Waals surface area (Å²) < 4.78 is 72.5. The maximum Gasteiger partial charge on any atom is 0.416 e. The monoisotopic (exact) mass is 533 g/mol. The van der Waals surface area contributed by atoms with Crippen molar-refractivity contribution in [3.8, 4) is 5.75 Å². The van der Waals surface area contributed by atoms with E-state index in [2.05, 4.69) is 0 Å². The van der Waals surface area contributed by atoms with E-state index in [-0.39, 0.29) is 18.0 Å². The molecule has 1 fully saturated rings. The third-order valence-electron chi connectivity index (χ3n) is 6.14. The number of hydrogen-bond acceptors (Lipinski definition) is 5. The highest BCUT2D eigenvalue weighted by molar-refractivity contribution is 7.92. The molecule has 0 saturated carbocycles. The van der Waals surface area contributed by atoms with Gasteiger partial charge in [-0.05, 0) is 54.6 Å². The van der Waals surface area contributed by atoms with Gasteiger partial charge in [0, 0.05) is 31.9 Å². The van der Waals surface area contributed by atoms with Gasteiger partial charge in [0.15, 0.2) is 0 Å². The fourth-order valence-electron chi connectivity index (χ4n) is 4.10. The van der Waals surface area contributed by atoms with Crippen molar-refractivity contribution in [1.82, 2.24) is 4.90 Å². The Morgan fingerprint density at radius 1 is 0.919 bits per heavy atom. The smallest absolute Gasteiger partial charge is 0.416 e. The number of ether oxygens (including phenoxy) is 1. The largest absolute Gasteiger partial charge is 0.497 e.